The molecule has 0 amide bonds. The third-order valence-electron chi connectivity index (χ3n) is 7.84. The van der Waals surface area contributed by atoms with Gasteiger partial charge in [-0.3, -0.25) is 9.59 Å². The zero-order valence-corrected chi connectivity index (χ0v) is 25.4. The van der Waals surface area contributed by atoms with Gasteiger partial charge in [0.2, 0.25) is 18.3 Å². The Morgan fingerprint density at radius 3 is 1.86 bits per heavy atom. The molecule has 20 nitrogen and oxygen atoms in total. The molecule has 20 heteroatoms. The van der Waals surface area contributed by atoms with Crippen LogP contribution in [0.2, 0.25) is 0 Å². The molecule has 12 N–H and O–H groups in total. The summed E-state index contributed by atoms with van der Waals surface area (Å²) in [5.41, 5.74) is -0.387. The number of rotatable bonds is 10. The Morgan fingerprint density at radius 1 is 0.720 bits per heavy atom. The molecule has 0 bridgehead atoms. The number of benzene rings is 2. The van der Waals surface area contributed by atoms with Gasteiger partial charge in [0.1, 0.15) is 78.7 Å². The highest BCUT2D eigenvalue weighted by molar-refractivity contribution is 5.90. The molecule has 0 radical (unpaired) electrons. The Labute approximate surface area is 279 Å². The van der Waals surface area contributed by atoms with Crippen molar-refractivity contribution >= 4 is 22.9 Å². The fraction of sp³-hybridized carbons (Fsp3) is 0.433. The Bertz CT molecular complexity index is 1710. The van der Waals surface area contributed by atoms with E-state index in [0.29, 0.717) is 0 Å². The molecule has 2 aliphatic rings. The molecular weight excluding hydrogens is 680 g/mol. The lowest BCUT2D eigenvalue weighted by atomic mass is 9.99. The standard InChI is InChI=1S/C30H32O20/c31-7-17-22(39)24(41)26(43)29(49-17)47-15-4-10(32)3-14-11(15)5-16(28(46-14)9-1-12(33)21(38)13(34)2-9)48-30-27(44)25(42)23(40)18(50-30)8-45-20(37)6-19(35)36/h1-5,17-18,22-27,29-31,39-44H,6-8H2,(H4-,32,33,34,35,36,38)/p+1/t17-,18-,22-,23-,24-,25-,26-,27-,29-,30-/m1/s1. The number of esters is 1. The molecule has 5 rings (SSSR count). The first-order chi connectivity index (χ1) is 23.6. The highest BCUT2D eigenvalue weighted by Gasteiger charge is 2.47. The number of fused-ring (bicyclic) bond motifs is 1. The predicted molar refractivity (Wildman–Crippen MR) is 158 cm³/mol. The number of carboxylic acid groups (broad SMARTS) is 1. The van der Waals surface area contributed by atoms with E-state index in [-0.39, 0.29) is 28.0 Å². The van der Waals surface area contributed by atoms with Crippen molar-refractivity contribution in [3.8, 4) is 45.8 Å². The SMILES string of the molecule is O=C(O)CC(=O)OC[C@H]1O[C@@H](Oc2cc3c(O[C@@H]4O[C@H](CO)[C@@H](O)[C@@H](O)[C@H]4O)cc(O)cc3[o+]c2-c2cc(O)c(O)c(O)c2)[C@H](O)[C@H](O)[C@@H]1O. The number of phenols is 4. The van der Waals surface area contributed by atoms with Crippen molar-refractivity contribution in [2.24, 2.45) is 0 Å². The highest BCUT2D eigenvalue weighted by atomic mass is 16.7. The summed E-state index contributed by atoms with van der Waals surface area (Å²) in [7, 11) is 0. The summed E-state index contributed by atoms with van der Waals surface area (Å²) < 4.78 is 33.3. The second-order valence-electron chi connectivity index (χ2n) is 11.4. The van der Waals surface area contributed by atoms with E-state index >= 15 is 0 Å². The summed E-state index contributed by atoms with van der Waals surface area (Å²) in [5, 5.41) is 122. The highest BCUT2D eigenvalue weighted by Crippen LogP contribution is 2.45. The zero-order chi connectivity index (χ0) is 36.6. The van der Waals surface area contributed by atoms with Crippen LogP contribution < -0.4 is 9.47 Å². The summed E-state index contributed by atoms with van der Waals surface area (Å²) in [5.74, 6) is -6.85. The molecule has 50 heavy (non-hydrogen) atoms. The van der Waals surface area contributed by atoms with Crippen LogP contribution in [0.3, 0.4) is 0 Å². The maximum Gasteiger partial charge on any atom is 0.402 e. The van der Waals surface area contributed by atoms with Crippen molar-refractivity contribution in [3.05, 3.63) is 30.3 Å². The van der Waals surface area contributed by atoms with Gasteiger partial charge in [-0.25, -0.2) is 4.42 Å². The predicted octanol–water partition coefficient (Wildman–Crippen LogP) is -2.41. The molecule has 2 fully saturated rings. The van der Waals surface area contributed by atoms with Gasteiger partial charge in [0.25, 0.3) is 0 Å². The van der Waals surface area contributed by atoms with Crippen LogP contribution in [0, 0.1) is 0 Å². The first-order valence-electron chi connectivity index (χ1n) is 14.7. The number of aliphatic carboxylic acids is 1. The lowest BCUT2D eigenvalue weighted by Gasteiger charge is -2.39. The number of ether oxygens (including phenoxy) is 5. The lowest BCUT2D eigenvalue weighted by molar-refractivity contribution is -0.278. The van der Waals surface area contributed by atoms with Gasteiger partial charge < -0.3 is 85.0 Å². The Morgan fingerprint density at radius 2 is 1.28 bits per heavy atom. The molecule has 10 atom stereocenters. The molecule has 0 aliphatic carbocycles. The largest absolute Gasteiger partial charge is 0.507 e. The van der Waals surface area contributed by atoms with Crippen molar-refractivity contribution < 1.29 is 99.0 Å². The second kappa shape index (κ2) is 14.6. The average Bonchev–Trinajstić information content (AvgIpc) is 3.06. The first-order valence-corrected chi connectivity index (χ1v) is 14.7. The van der Waals surface area contributed by atoms with Gasteiger partial charge in [-0.1, -0.05) is 0 Å². The zero-order valence-electron chi connectivity index (χ0n) is 25.4. The lowest BCUT2D eigenvalue weighted by Crippen LogP contribution is -2.60. The van der Waals surface area contributed by atoms with Gasteiger partial charge >= 0.3 is 23.3 Å². The summed E-state index contributed by atoms with van der Waals surface area (Å²) in [6.45, 7) is -1.57. The average molecular weight is 714 g/mol. The number of carbonyl (C=O) groups excluding carboxylic acids is 1. The van der Waals surface area contributed by atoms with Crippen LogP contribution >= 0.6 is 0 Å². The summed E-state index contributed by atoms with van der Waals surface area (Å²) in [6.07, 6.45) is -18.9. The van der Waals surface area contributed by atoms with Gasteiger partial charge in [-0.15, -0.1) is 0 Å². The maximum atomic E-state index is 11.8. The fourth-order valence-corrected chi connectivity index (χ4v) is 5.21. The van der Waals surface area contributed by atoms with E-state index in [9.17, 15) is 65.8 Å². The van der Waals surface area contributed by atoms with E-state index in [2.05, 4.69) is 0 Å². The number of aliphatic hydroxyl groups excluding tert-OH is 7. The number of phenolic OH excluding ortho intramolecular Hbond substituents is 4. The number of hydrogen-bond acceptors (Lipinski definition) is 18. The van der Waals surface area contributed by atoms with Crippen LogP contribution in [-0.4, -0.2) is 148 Å². The van der Waals surface area contributed by atoms with Gasteiger partial charge in [-0.05, 0) is 0 Å². The fourth-order valence-electron chi connectivity index (χ4n) is 5.21. The topological polar surface area (TPSA) is 334 Å². The molecule has 3 aromatic rings. The minimum atomic E-state index is -2.01. The van der Waals surface area contributed by atoms with Gasteiger partial charge in [0.15, 0.2) is 17.2 Å². The van der Waals surface area contributed by atoms with E-state index in [4.69, 9.17) is 33.2 Å². The van der Waals surface area contributed by atoms with Crippen LogP contribution in [0.5, 0.6) is 34.5 Å². The van der Waals surface area contributed by atoms with E-state index in [0.717, 1.165) is 30.3 Å². The number of carbonyl (C=O) groups is 2. The monoisotopic (exact) mass is 713 g/mol. The van der Waals surface area contributed by atoms with Crippen LogP contribution in [0.4, 0.5) is 0 Å². The number of aromatic hydroxyl groups is 4. The smallest absolute Gasteiger partial charge is 0.402 e. The molecule has 0 spiro atoms. The third kappa shape index (κ3) is 7.38. The molecule has 1 aromatic heterocycles. The van der Waals surface area contributed by atoms with Crippen molar-refractivity contribution in [3.63, 3.8) is 0 Å². The van der Waals surface area contributed by atoms with E-state index < -0.39 is 122 Å². The quantitative estimate of drug-likeness (QED) is 0.0450. The van der Waals surface area contributed by atoms with E-state index in [1.807, 2.05) is 0 Å². The van der Waals surface area contributed by atoms with E-state index in [1.165, 1.54) is 0 Å². The third-order valence-corrected chi connectivity index (χ3v) is 7.84. The second-order valence-corrected chi connectivity index (χ2v) is 11.4. The normalized spacial score (nSPS) is 29.7. The van der Waals surface area contributed by atoms with Crippen LogP contribution in [-0.2, 0) is 23.8 Å². The molecule has 2 aromatic carbocycles. The number of aliphatic hydroxyl groups is 7. The van der Waals surface area contributed by atoms with Crippen LogP contribution in [0.1, 0.15) is 6.42 Å². The summed E-state index contributed by atoms with van der Waals surface area (Å²) in [4.78, 5) is 22.6. The summed E-state index contributed by atoms with van der Waals surface area (Å²) in [6, 6.07) is 5.11. The minimum absolute atomic E-state index is 0.0873. The van der Waals surface area contributed by atoms with Crippen molar-refractivity contribution in [2.75, 3.05) is 13.2 Å². The van der Waals surface area contributed by atoms with Crippen LogP contribution in [0.15, 0.2) is 34.7 Å². The molecule has 2 aliphatic heterocycles. The van der Waals surface area contributed by atoms with Gasteiger partial charge in [0, 0.05) is 24.3 Å². The van der Waals surface area contributed by atoms with Crippen molar-refractivity contribution in [1.29, 1.82) is 0 Å². The first kappa shape index (κ1) is 36.5. The molecule has 3 heterocycles. The molecule has 0 unspecified atom stereocenters. The Balaban J connectivity index is 1.57. The van der Waals surface area contributed by atoms with Crippen molar-refractivity contribution in [2.45, 2.75) is 67.8 Å². The molecular formula is C30H33O20+. The van der Waals surface area contributed by atoms with Crippen molar-refractivity contribution in [1.82, 2.24) is 0 Å². The number of hydrogen-bond donors (Lipinski definition) is 12. The molecule has 0 saturated carbocycles. The summed E-state index contributed by atoms with van der Waals surface area (Å²) >= 11 is 0. The maximum absolute atomic E-state index is 11.8. The molecule has 2 saturated heterocycles. The van der Waals surface area contributed by atoms with E-state index in [1.54, 1.807) is 0 Å². The van der Waals surface area contributed by atoms with Crippen LogP contribution in [0.25, 0.3) is 22.3 Å². The Hall–Kier alpha value is -4.77. The Kier molecular flexibility index (Phi) is 10.7. The molecule has 272 valence electrons. The van der Waals surface area contributed by atoms with Gasteiger partial charge in [-0.2, -0.15) is 0 Å². The van der Waals surface area contributed by atoms with Gasteiger partial charge in [0.05, 0.1) is 18.2 Å². The minimum Gasteiger partial charge on any atom is -0.507 e. The number of carboxylic acids is 1.